The minimum atomic E-state index is 0.400. The molecule has 5 nitrogen and oxygen atoms in total. The Kier molecular flexibility index (Phi) is 3.37. The summed E-state index contributed by atoms with van der Waals surface area (Å²) in [5, 5.41) is 14.3. The van der Waals surface area contributed by atoms with Gasteiger partial charge in [-0.3, -0.25) is 4.90 Å². The number of aromatic nitrogens is 4. The molecule has 3 rings (SSSR count). The largest absolute Gasteiger partial charge is 0.292 e. The van der Waals surface area contributed by atoms with E-state index in [0.717, 1.165) is 25.1 Å². The number of benzene rings is 1. The third kappa shape index (κ3) is 2.56. The van der Waals surface area contributed by atoms with Crippen molar-refractivity contribution in [2.75, 3.05) is 13.1 Å². The number of nitrogens with one attached hydrogen (secondary N) is 1. The highest BCUT2D eigenvalue weighted by atomic mass is 15.5. The molecule has 0 spiro atoms. The minimum Gasteiger partial charge on any atom is -0.292 e. The van der Waals surface area contributed by atoms with Crippen molar-refractivity contribution in [3.63, 3.8) is 0 Å². The van der Waals surface area contributed by atoms with Crippen LogP contribution in [0.1, 0.15) is 30.8 Å². The van der Waals surface area contributed by atoms with Crippen molar-refractivity contribution < 1.29 is 0 Å². The first kappa shape index (κ1) is 12.0. The smallest absolute Gasteiger partial charge is 0.201 e. The quantitative estimate of drug-likeness (QED) is 0.912. The van der Waals surface area contributed by atoms with Crippen LogP contribution in [0, 0.1) is 0 Å². The molecular formula is C14H17N5. The maximum atomic E-state index is 4.06. The van der Waals surface area contributed by atoms with E-state index in [1.54, 1.807) is 0 Å². The third-order valence-corrected chi connectivity index (χ3v) is 3.64. The number of tetrazole rings is 1. The monoisotopic (exact) mass is 255 g/mol. The standard InChI is InChI=1S/C14H17N5/c1-11(12-6-3-2-4-7-12)19-9-5-8-13(10-19)14-15-17-18-16-14/h2-4,6-8,11H,5,9-10H2,1H3,(H,15,16,17,18). The van der Waals surface area contributed by atoms with E-state index < -0.39 is 0 Å². The van der Waals surface area contributed by atoms with Crippen molar-refractivity contribution in [3.05, 3.63) is 47.8 Å². The van der Waals surface area contributed by atoms with Crippen LogP contribution in [0.4, 0.5) is 0 Å². The van der Waals surface area contributed by atoms with E-state index in [2.05, 4.69) is 68.9 Å². The summed E-state index contributed by atoms with van der Waals surface area (Å²) in [5.74, 6) is 0.713. The van der Waals surface area contributed by atoms with Crippen LogP contribution in [0.5, 0.6) is 0 Å². The van der Waals surface area contributed by atoms with E-state index >= 15 is 0 Å². The lowest BCUT2D eigenvalue weighted by atomic mass is 10.0. The van der Waals surface area contributed by atoms with E-state index in [1.165, 1.54) is 5.56 Å². The van der Waals surface area contributed by atoms with Gasteiger partial charge in [0.2, 0.25) is 5.82 Å². The molecular weight excluding hydrogens is 238 g/mol. The zero-order valence-electron chi connectivity index (χ0n) is 11.0. The van der Waals surface area contributed by atoms with Crippen LogP contribution >= 0.6 is 0 Å². The maximum Gasteiger partial charge on any atom is 0.201 e. The van der Waals surface area contributed by atoms with Crippen molar-refractivity contribution in [3.8, 4) is 0 Å². The third-order valence-electron chi connectivity index (χ3n) is 3.64. The van der Waals surface area contributed by atoms with Crippen molar-refractivity contribution in [1.82, 2.24) is 25.5 Å². The van der Waals surface area contributed by atoms with Crippen molar-refractivity contribution >= 4 is 5.57 Å². The number of hydrogen-bond donors (Lipinski definition) is 1. The Morgan fingerprint density at radius 2 is 2.11 bits per heavy atom. The number of H-pyrrole nitrogens is 1. The molecule has 1 atom stereocenters. The average Bonchev–Trinajstić information content (AvgIpc) is 3.02. The number of rotatable bonds is 3. The summed E-state index contributed by atoms with van der Waals surface area (Å²) in [6.45, 7) is 4.18. The fourth-order valence-electron chi connectivity index (χ4n) is 2.50. The normalized spacial score (nSPS) is 18.1. The van der Waals surface area contributed by atoms with Gasteiger partial charge in [-0.2, -0.15) is 5.21 Å². The van der Waals surface area contributed by atoms with Crippen LogP contribution in [0.3, 0.4) is 0 Å². The zero-order valence-corrected chi connectivity index (χ0v) is 11.0. The Labute approximate surface area is 112 Å². The topological polar surface area (TPSA) is 57.7 Å². The lowest BCUT2D eigenvalue weighted by Gasteiger charge is -2.32. The van der Waals surface area contributed by atoms with Crippen LogP contribution in [-0.2, 0) is 0 Å². The van der Waals surface area contributed by atoms with E-state index in [9.17, 15) is 0 Å². The lowest BCUT2D eigenvalue weighted by Crippen LogP contribution is -2.32. The van der Waals surface area contributed by atoms with Gasteiger partial charge in [0.05, 0.1) is 0 Å². The fourth-order valence-corrected chi connectivity index (χ4v) is 2.50. The second-order valence-electron chi connectivity index (χ2n) is 4.81. The summed E-state index contributed by atoms with van der Waals surface area (Å²) in [5.41, 5.74) is 2.50. The van der Waals surface area contributed by atoms with E-state index in [-0.39, 0.29) is 0 Å². The summed E-state index contributed by atoms with van der Waals surface area (Å²) in [4.78, 5) is 2.45. The van der Waals surface area contributed by atoms with Crippen LogP contribution in [0.2, 0.25) is 0 Å². The Bertz CT molecular complexity index is 546. The summed E-state index contributed by atoms with van der Waals surface area (Å²) in [6.07, 6.45) is 3.24. The highest BCUT2D eigenvalue weighted by Gasteiger charge is 2.21. The predicted octanol–water partition coefficient (Wildman–Crippen LogP) is 2.05. The van der Waals surface area contributed by atoms with E-state index in [1.807, 2.05) is 0 Å². The molecule has 0 fully saturated rings. The molecule has 1 unspecified atom stereocenters. The van der Waals surface area contributed by atoms with E-state index in [0.29, 0.717) is 11.9 Å². The van der Waals surface area contributed by atoms with Gasteiger partial charge in [0, 0.05) is 24.7 Å². The molecule has 1 aromatic carbocycles. The lowest BCUT2D eigenvalue weighted by molar-refractivity contribution is 0.235. The minimum absolute atomic E-state index is 0.400. The predicted molar refractivity (Wildman–Crippen MR) is 73.2 cm³/mol. The Morgan fingerprint density at radius 1 is 1.26 bits per heavy atom. The summed E-state index contributed by atoms with van der Waals surface area (Å²) >= 11 is 0. The van der Waals surface area contributed by atoms with Crippen molar-refractivity contribution in [1.29, 1.82) is 0 Å². The molecule has 1 aliphatic rings. The van der Waals surface area contributed by atoms with Gasteiger partial charge in [-0.1, -0.05) is 36.4 Å². The molecule has 2 heterocycles. The van der Waals surface area contributed by atoms with Crippen LogP contribution in [0.15, 0.2) is 36.4 Å². The van der Waals surface area contributed by atoms with Gasteiger partial charge in [-0.15, -0.1) is 10.2 Å². The average molecular weight is 255 g/mol. The van der Waals surface area contributed by atoms with Gasteiger partial charge in [0.25, 0.3) is 0 Å². The van der Waals surface area contributed by atoms with Crippen molar-refractivity contribution in [2.45, 2.75) is 19.4 Å². The molecule has 0 saturated carbocycles. The molecule has 98 valence electrons. The maximum absolute atomic E-state index is 4.06. The Morgan fingerprint density at radius 3 is 2.84 bits per heavy atom. The van der Waals surface area contributed by atoms with Gasteiger partial charge in [-0.25, -0.2) is 0 Å². The molecule has 5 heteroatoms. The second kappa shape index (κ2) is 5.32. The summed E-state index contributed by atoms with van der Waals surface area (Å²) < 4.78 is 0. The van der Waals surface area contributed by atoms with Gasteiger partial charge in [0.15, 0.2) is 0 Å². The van der Waals surface area contributed by atoms with Crippen LogP contribution in [-0.4, -0.2) is 38.6 Å². The first-order chi connectivity index (χ1) is 9.34. The SMILES string of the molecule is CC(c1ccccc1)N1CCC=C(c2nn[nH]n2)C1. The highest BCUT2D eigenvalue weighted by Crippen LogP contribution is 2.26. The Balaban J connectivity index is 1.76. The van der Waals surface area contributed by atoms with E-state index in [4.69, 9.17) is 0 Å². The number of hydrogen-bond acceptors (Lipinski definition) is 4. The van der Waals surface area contributed by atoms with Gasteiger partial charge < -0.3 is 0 Å². The van der Waals surface area contributed by atoms with Crippen LogP contribution < -0.4 is 0 Å². The molecule has 0 amide bonds. The molecule has 1 aliphatic heterocycles. The summed E-state index contributed by atoms with van der Waals surface area (Å²) in [7, 11) is 0. The molecule has 0 saturated heterocycles. The zero-order chi connectivity index (χ0) is 13.1. The van der Waals surface area contributed by atoms with Gasteiger partial charge >= 0.3 is 0 Å². The van der Waals surface area contributed by atoms with Crippen molar-refractivity contribution in [2.24, 2.45) is 0 Å². The molecule has 0 aliphatic carbocycles. The fraction of sp³-hybridized carbons (Fsp3) is 0.357. The molecule has 0 radical (unpaired) electrons. The number of nitrogens with zero attached hydrogens (tertiary/aromatic N) is 4. The number of aromatic amines is 1. The molecule has 0 bridgehead atoms. The second-order valence-corrected chi connectivity index (χ2v) is 4.81. The Hall–Kier alpha value is -2.01. The van der Waals surface area contributed by atoms with Gasteiger partial charge in [0.1, 0.15) is 0 Å². The molecule has 2 aromatic rings. The molecule has 1 N–H and O–H groups in total. The van der Waals surface area contributed by atoms with Crippen LogP contribution in [0.25, 0.3) is 5.57 Å². The molecule has 1 aromatic heterocycles. The summed E-state index contributed by atoms with van der Waals surface area (Å²) in [6, 6.07) is 11.0. The molecule has 19 heavy (non-hydrogen) atoms. The highest BCUT2D eigenvalue weighted by molar-refractivity contribution is 5.61. The first-order valence-corrected chi connectivity index (χ1v) is 6.56. The first-order valence-electron chi connectivity index (χ1n) is 6.56. The van der Waals surface area contributed by atoms with Gasteiger partial charge in [-0.05, 0) is 24.1 Å².